The zero-order chi connectivity index (χ0) is 10.9. The van der Waals surface area contributed by atoms with Crippen LogP contribution in [0, 0.1) is 24.0 Å². The minimum Gasteiger partial charge on any atom is -0.205 e. The minimum absolute atomic E-state index is 0.165. The maximum absolute atomic E-state index is 12.8. The number of hydrogen-bond acceptors (Lipinski definition) is 0. The van der Waals surface area contributed by atoms with Crippen molar-refractivity contribution < 1.29 is 22.0 Å². The van der Waals surface area contributed by atoms with Crippen LogP contribution in [0.4, 0.5) is 22.0 Å². The van der Waals surface area contributed by atoms with Crippen molar-refractivity contribution in [2.75, 3.05) is 0 Å². The van der Waals surface area contributed by atoms with E-state index < -0.39 is 28.9 Å². The predicted molar refractivity (Wildman–Crippen MR) is 39.3 cm³/mol. The molecule has 14 heavy (non-hydrogen) atoms. The Labute approximate surface area is 76.4 Å². The average molecular weight is 206 g/mol. The van der Waals surface area contributed by atoms with Gasteiger partial charge in [-0.15, -0.1) is 6.42 Å². The molecule has 1 aromatic carbocycles. The standard InChI is InChI=1S/C9H3F5/c1-2-6-7(10)3-5(4-8(6)11)9(12,13)14/h1,3-4H. The molecule has 0 bridgehead atoms. The van der Waals surface area contributed by atoms with Crippen LogP contribution in [-0.4, -0.2) is 0 Å². The summed E-state index contributed by atoms with van der Waals surface area (Å²) in [5.74, 6) is -1.15. The summed E-state index contributed by atoms with van der Waals surface area (Å²) in [5, 5.41) is 0. The summed E-state index contributed by atoms with van der Waals surface area (Å²) < 4.78 is 61.5. The maximum atomic E-state index is 12.8. The topological polar surface area (TPSA) is 0 Å². The van der Waals surface area contributed by atoms with Crippen molar-refractivity contribution in [2.45, 2.75) is 6.18 Å². The fraction of sp³-hybridized carbons (Fsp3) is 0.111. The van der Waals surface area contributed by atoms with Crippen molar-refractivity contribution in [3.05, 3.63) is 34.9 Å². The summed E-state index contributed by atoms with van der Waals surface area (Å²) >= 11 is 0. The molecular weight excluding hydrogens is 203 g/mol. The second kappa shape index (κ2) is 3.29. The van der Waals surface area contributed by atoms with Gasteiger partial charge in [-0.05, 0) is 12.1 Å². The van der Waals surface area contributed by atoms with E-state index in [1.165, 1.54) is 0 Å². The predicted octanol–water partition coefficient (Wildman–Crippen LogP) is 2.96. The van der Waals surface area contributed by atoms with E-state index in [9.17, 15) is 22.0 Å². The molecule has 0 aliphatic rings. The first-order valence-corrected chi connectivity index (χ1v) is 3.39. The zero-order valence-corrected chi connectivity index (χ0v) is 6.62. The third-order valence-electron chi connectivity index (χ3n) is 1.51. The lowest BCUT2D eigenvalue weighted by Crippen LogP contribution is -2.07. The second-order valence-electron chi connectivity index (χ2n) is 2.46. The smallest absolute Gasteiger partial charge is 0.205 e. The Kier molecular flexibility index (Phi) is 2.47. The molecule has 0 saturated carbocycles. The number of halogens is 5. The van der Waals surface area contributed by atoms with E-state index in [1.807, 2.05) is 0 Å². The van der Waals surface area contributed by atoms with Crippen LogP contribution in [0.1, 0.15) is 11.1 Å². The van der Waals surface area contributed by atoms with Gasteiger partial charge in [0.2, 0.25) is 0 Å². The molecule has 1 rings (SSSR count). The highest BCUT2D eigenvalue weighted by Gasteiger charge is 2.32. The quantitative estimate of drug-likeness (QED) is 0.452. The highest BCUT2D eigenvalue weighted by atomic mass is 19.4. The van der Waals surface area contributed by atoms with E-state index in [2.05, 4.69) is 0 Å². The van der Waals surface area contributed by atoms with Gasteiger partial charge in [0.15, 0.2) is 0 Å². The van der Waals surface area contributed by atoms with Gasteiger partial charge in [-0.25, -0.2) is 8.78 Å². The van der Waals surface area contributed by atoms with Crippen LogP contribution in [0.15, 0.2) is 12.1 Å². The minimum atomic E-state index is -4.78. The van der Waals surface area contributed by atoms with E-state index in [0.717, 1.165) is 0 Å². The SMILES string of the molecule is C#Cc1c(F)cc(C(F)(F)F)cc1F. The van der Waals surface area contributed by atoms with Gasteiger partial charge in [0.1, 0.15) is 11.6 Å². The maximum Gasteiger partial charge on any atom is 0.416 e. The average Bonchev–Trinajstić information content (AvgIpc) is 2.01. The van der Waals surface area contributed by atoms with Crippen molar-refractivity contribution in [1.82, 2.24) is 0 Å². The third kappa shape index (κ3) is 1.84. The third-order valence-corrected chi connectivity index (χ3v) is 1.51. The van der Waals surface area contributed by atoms with Crippen LogP contribution < -0.4 is 0 Å². The molecule has 0 spiro atoms. The lowest BCUT2D eigenvalue weighted by atomic mass is 10.1. The fourth-order valence-corrected chi connectivity index (χ4v) is 0.875. The van der Waals surface area contributed by atoms with Crippen molar-refractivity contribution in [1.29, 1.82) is 0 Å². The number of alkyl halides is 3. The van der Waals surface area contributed by atoms with Crippen LogP contribution in [0.5, 0.6) is 0 Å². The molecule has 5 heteroatoms. The van der Waals surface area contributed by atoms with Crippen LogP contribution in [0.2, 0.25) is 0 Å². The fourth-order valence-electron chi connectivity index (χ4n) is 0.875. The number of terminal acetylenes is 1. The second-order valence-corrected chi connectivity index (χ2v) is 2.46. The summed E-state index contributed by atoms with van der Waals surface area (Å²) in [7, 11) is 0. The van der Waals surface area contributed by atoms with E-state index >= 15 is 0 Å². The van der Waals surface area contributed by atoms with Gasteiger partial charge in [0.25, 0.3) is 0 Å². The number of hydrogen-bond donors (Lipinski definition) is 0. The largest absolute Gasteiger partial charge is 0.416 e. The summed E-state index contributed by atoms with van der Waals surface area (Å²) in [6.45, 7) is 0. The van der Waals surface area contributed by atoms with Crippen molar-refractivity contribution >= 4 is 0 Å². The summed E-state index contributed by atoms with van der Waals surface area (Å²) in [6, 6.07) is 0.330. The van der Waals surface area contributed by atoms with Gasteiger partial charge in [0.05, 0.1) is 11.1 Å². The Hall–Kier alpha value is -1.57. The lowest BCUT2D eigenvalue weighted by Gasteiger charge is -2.07. The molecule has 0 aliphatic carbocycles. The monoisotopic (exact) mass is 206 g/mol. The van der Waals surface area contributed by atoms with E-state index in [1.54, 1.807) is 5.92 Å². The van der Waals surface area contributed by atoms with E-state index in [-0.39, 0.29) is 12.1 Å². The highest BCUT2D eigenvalue weighted by molar-refractivity contribution is 5.38. The van der Waals surface area contributed by atoms with Crippen molar-refractivity contribution in [2.24, 2.45) is 0 Å². The van der Waals surface area contributed by atoms with Crippen LogP contribution in [0.25, 0.3) is 0 Å². The molecule has 0 amide bonds. The highest BCUT2D eigenvalue weighted by Crippen LogP contribution is 2.31. The van der Waals surface area contributed by atoms with Gasteiger partial charge in [0, 0.05) is 0 Å². The Bertz CT molecular complexity index is 374. The molecule has 0 nitrogen and oxygen atoms in total. The molecule has 0 saturated heterocycles. The Morgan fingerprint density at radius 3 is 1.79 bits per heavy atom. The van der Waals surface area contributed by atoms with Gasteiger partial charge in [-0.3, -0.25) is 0 Å². The van der Waals surface area contributed by atoms with E-state index in [0.29, 0.717) is 0 Å². The first-order chi connectivity index (χ1) is 6.36. The Balaban J connectivity index is 3.37. The molecule has 0 radical (unpaired) electrons. The van der Waals surface area contributed by atoms with Gasteiger partial charge in [-0.2, -0.15) is 13.2 Å². The zero-order valence-electron chi connectivity index (χ0n) is 6.62. The lowest BCUT2D eigenvalue weighted by molar-refractivity contribution is -0.138. The van der Waals surface area contributed by atoms with Crippen LogP contribution in [-0.2, 0) is 6.18 Å². The molecule has 0 unspecified atom stereocenters. The summed E-state index contributed by atoms with van der Waals surface area (Å²) in [5.41, 5.74) is -2.19. The molecule has 0 aromatic heterocycles. The summed E-state index contributed by atoms with van der Waals surface area (Å²) in [6.07, 6.45) is -0.0836. The molecule has 0 aliphatic heterocycles. The Morgan fingerprint density at radius 1 is 1.07 bits per heavy atom. The molecule has 0 fully saturated rings. The van der Waals surface area contributed by atoms with Crippen LogP contribution in [0.3, 0.4) is 0 Å². The molecule has 0 atom stereocenters. The van der Waals surface area contributed by atoms with Gasteiger partial charge >= 0.3 is 6.18 Å². The van der Waals surface area contributed by atoms with E-state index in [4.69, 9.17) is 6.42 Å². The first kappa shape index (κ1) is 10.5. The molecular formula is C9H3F5. The van der Waals surface area contributed by atoms with Crippen molar-refractivity contribution in [3.63, 3.8) is 0 Å². The van der Waals surface area contributed by atoms with Gasteiger partial charge in [-0.1, -0.05) is 5.92 Å². The van der Waals surface area contributed by atoms with Crippen LogP contribution >= 0.6 is 0 Å². The first-order valence-electron chi connectivity index (χ1n) is 3.39. The molecule has 74 valence electrons. The molecule has 0 heterocycles. The van der Waals surface area contributed by atoms with Gasteiger partial charge < -0.3 is 0 Å². The Morgan fingerprint density at radius 2 is 1.50 bits per heavy atom. The number of rotatable bonds is 0. The summed E-state index contributed by atoms with van der Waals surface area (Å²) in [4.78, 5) is 0. The number of benzene rings is 1. The molecule has 1 aromatic rings. The molecule has 0 N–H and O–H groups in total. The van der Waals surface area contributed by atoms with Crippen molar-refractivity contribution in [3.8, 4) is 12.3 Å². The normalized spacial score (nSPS) is 11.1.